The smallest absolute Gasteiger partial charge is 0.0300 e. The fourth-order valence-electron chi connectivity index (χ4n) is 2.34. The highest BCUT2D eigenvalue weighted by Gasteiger charge is 2.18. The molecule has 1 aliphatic rings. The van der Waals surface area contributed by atoms with Gasteiger partial charge in [0, 0.05) is 35.4 Å². The quantitative estimate of drug-likeness (QED) is 0.793. The summed E-state index contributed by atoms with van der Waals surface area (Å²) < 4.78 is 0. The van der Waals surface area contributed by atoms with Crippen LogP contribution in [0.5, 0.6) is 0 Å². The Labute approximate surface area is 103 Å². The van der Waals surface area contributed by atoms with Crippen LogP contribution < -0.4 is 5.32 Å². The normalized spacial score (nSPS) is 21.8. The number of hydrogen-bond acceptors (Lipinski definition) is 3. The van der Waals surface area contributed by atoms with Gasteiger partial charge in [0.15, 0.2) is 0 Å². The van der Waals surface area contributed by atoms with E-state index in [1.165, 1.54) is 35.7 Å². The van der Waals surface area contributed by atoms with E-state index in [4.69, 9.17) is 0 Å². The zero-order chi connectivity index (χ0) is 11.4. The van der Waals surface area contributed by atoms with E-state index in [0.717, 1.165) is 19.1 Å². The van der Waals surface area contributed by atoms with Gasteiger partial charge in [0.05, 0.1) is 0 Å². The zero-order valence-corrected chi connectivity index (χ0v) is 11.1. The summed E-state index contributed by atoms with van der Waals surface area (Å²) >= 11 is 1.89. The van der Waals surface area contributed by atoms with Crippen LogP contribution in [0.15, 0.2) is 12.1 Å². The first-order valence-electron chi connectivity index (χ1n) is 6.26. The zero-order valence-electron chi connectivity index (χ0n) is 10.3. The van der Waals surface area contributed by atoms with Crippen LogP contribution in [0.25, 0.3) is 0 Å². The molecule has 1 N–H and O–H groups in total. The standard InChI is InChI=1S/C13H22N2S/c1-11-4-3-8-15(11)9-7-14-10-13-6-5-12(2)16-13/h5-6,11,14H,3-4,7-10H2,1-2H3. The number of aryl methyl sites for hydroxylation is 1. The van der Waals surface area contributed by atoms with Crippen molar-refractivity contribution in [1.82, 2.24) is 10.2 Å². The molecule has 90 valence electrons. The third kappa shape index (κ3) is 3.30. The molecular weight excluding hydrogens is 216 g/mol. The molecule has 1 aromatic rings. The fourth-order valence-corrected chi connectivity index (χ4v) is 3.20. The molecule has 1 unspecified atom stereocenters. The van der Waals surface area contributed by atoms with Crippen LogP contribution in [0, 0.1) is 6.92 Å². The third-order valence-corrected chi connectivity index (χ3v) is 4.36. The molecule has 0 bridgehead atoms. The lowest BCUT2D eigenvalue weighted by Gasteiger charge is -2.20. The summed E-state index contributed by atoms with van der Waals surface area (Å²) in [7, 11) is 0. The summed E-state index contributed by atoms with van der Waals surface area (Å²) in [5.74, 6) is 0. The molecule has 0 amide bonds. The summed E-state index contributed by atoms with van der Waals surface area (Å²) in [5.41, 5.74) is 0. The van der Waals surface area contributed by atoms with Gasteiger partial charge < -0.3 is 5.32 Å². The van der Waals surface area contributed by atoms with E-state index < -0.39 is 0 Å². The molecule has 1 aliphatic heterocycles. The van der Waals surface area contributed by atoms with Gasteiger partial charge in [-0.1, -0.05) is 0 Å². The van der Waals surface area contributed by atoms with Crippen molar-refractivity contribution in [2.24, 2.45) is 0 Å². The van der Waals surface area contributed by atoms with Crippen molar-refractivity contribution in [3.8, 4) is 0 Å². The predicted molar refractivity (Wildman–Crippen MR) is 71.0 cm³/mol. The average molecular weight is 238 g/mol. The van der Waals surface area contributed by atoms with Crippen molar-refractivity contribution >= 4 is 11.3 Å². The Hall–Kier alpha value is -0.380. The molecule has 1 aromatic heterocycles. The highest BCUT2D eigenvalue weighted by molar-refractivity contribution is 7.11. The van der Waals surface area contributed by atoms with E-state index in [-0.39, 0.29) is 0 Å². The fraction of sp³-hybridized carbons (Fsp3) is 0.692. The Morgan fingerprint density at radius 1 is 1.50 bits per heavy atom. The van der Waals surface area contributed by atoms with Crippen molar-refractivity contribution < 1.29 is 0 Å². The minimum atomic E-state index is 0.797. The number of rotatable bonds is 5. The van der Waals surface area contributed by atoms with E-state index in [9.17, 15) is 0 Å². The Kier molecular flexibility index (Phi) is 4.38. The SMILES string of the molecule is Cc1ccc(CNCCN2CCCC2C)s1. The lowest BCUT2D eigenvalue weighted by molar-refractivity contribution is 0.268. The van der Waals surface area contributed by atoms with Gasteiger partial charge in [0.25, 0.3) is 0 Å². The van der Waals surface area contributed by atoms with Crippen LogP contribution in [0.2, 0.25) is 0 Å². The second-order valence-corrected chi connectivity index (χ2v) is 6.09. The minimum absolute atomic E-state index is 0.797. The number of hydrogen-bond donors (Lipinski definition) is 1. The molecule has 0 saturated carbocycles. The van der Waals surface area contributed by atoms with E-state index in [0.29, 0.717) is 0 Å². The highest BCUT2D eigenvalue weighted by Crippen LogP contribution is 2.16. The van der Waals surface area contributed by atoms with Gasteiger partial charge in [-0.05, 0) is 45.4 Å². The van der Waals surface area contributed by atoms with Gasteiger partial charge in [-0.2, -0.15) is 0 Å². The largest absolute Gasteiger partial charge is 0.311 e. The maximum atomic E-state index is 3.53. The van der Waals surface area contributed by atoms with E-state index >= 15 is 0 Å². The highest BCUT2D eigenvalue weighted by atomic mass is 32.1. The van der Waals surface area contributed by atoms with Crippen LogP contribution >= 0.6 is 11.3 Å². The summed E-state index contributed by atoms with van der Waals surface area (Å²) in [6.45, 7) is 9.14. The molecular formula is C13H22N2S. The number of nitrogens with one attached hydrogen (secondary N) is 1. The maximum Gasteiger partial charge on any atom is 0.0300 e. The molecule has 2 nitrogen and oxygen atoms in total. The van der Waals surface area contributed by atoms with Gasteiger partial charge in [-0.15, -0.1) is 11.3 Å². The number of nitrogens with zero attached hydrogens (tertiary/aromatic N) is 1. The van der Waals surface area contributed by atoms with Gasteiger partial charge in [-0.3, -0.25) is 4.90 Å². The monoisotopic (exact) mass is 238 g/mol. The number of likely N-dealkylation sites (tertiary alicyclic amines) is 1. The molecule has 2 heterocycles. The Morgan fingerprint density at radius 3 is 3.00 bits per heavy atom. The first-order chi connectivity index (χ1) is 7.75. The second-order valence-electron chi connectivity index (χ2n) is 4.72. The van der Waals surface area contributed by atoms with Crippen molar-refractivity contribution in [1.29, 1.82) is 0 Å². The Bertz CT molecular complexity index is 321. The summed E-state index contributed by atoms with van der Waals surface area (Å²) in [6, 6.07) is 5.22. The average Bonchev–Trinajstić information content (AvgIpc) is 2.83. The van der Waals surface area contributed by atoms with Crippen LogP contribution in [-0.4, -0.2) is 30.6 Å². The molecule has 1 saturated heterocycles. The molecule has 0 spiro atoms. The topological polar surface area (TPSA) is 15.3 Å². The van der Waals surface area contributed by atoms with Crippen molar-refractivity contribution in [3.05, 3.63) is 21.9 Å². The van der Waals surface area contributed by atoms with Gasteiger partial charge in [-0.25, -0.2) is 0 Å². The van der Waals surface area contributed by atoms with Crippen molar-refractivity contribution in [2.75, 3.05) is 19.6 Å². The molecule has 0 aromatic carbocycles. The van der Waals surface area contributed by atoms with E-state index in [2.05, 4.69) is 36.2 Å². The van der Waals surface area contributed by atoms with Crippen LogP contribution in [0.4, 0.5) is 0 Å². The van der Waals surface area contributed by atoms with Gasteiger partial charge >= 0.3 is 0 Å². The molecule has 1 atom stereocenters. The molecule has 16 heavy (non-hydrogen) atoms. The van der Waals surface area contributed by atoms with Gasteiger partial charge in [0.1, 0.15) is 0 Å². The van der Waals surface area contributed by atoms with Crippen molar-refractivity contribution in [3.63, 3.8) is 0 Å². The van der Waals surface area contributed by atoms with E-state index in [1.807, 2.05) is 11.3 Å². The molecule has 1 fully saturated rings. The lowest BCUT2D eigenvalue weighted by Crippen LogP contribution is -2.33. The summed E-state index contributed by atoms with van der Waals surface area (Å²) in [4.78, 5) is 5.45. The Balaban J connectivity index is 1.61. The van der Waals surface area contributed by atoms with Crippen LogP contribution in [0.3, 0.4) is 0 Å². The molecule has 2 rings (SSSR count). The summed E-state index contributed by atoms with van der Waals surface area (Å²) in [6.07, 6.45) is 2.76. The first kappa shape index (κ1) is 12.1. The first-order valence-corrected chi connectivity index (χ1v) is 7.07. The van der Waals surface area contributed by atoms with Gasteiger partial charge in [0.2, 0.25) is 0 Å². The van der Waals surface area contributed by atoms with Crippen LogP contribution in [-0.2, 0) is 6.54 Å². The molecule has 0 aliphatic carbocycles. The van der Waals surface area contributed by atoms with Crippen molar-refractivity contribution in [2.45, 2.75) is 39.3 Å². The second kappa shape index (κ2) is 5.80. The number of thiophene rings is 1. The lowest BCUT2D eigenvalue weighted by atomic mass is 10.2. The third-order valence-electron chi connectivity index (χ3n) is 3.36. The molecule has 0 radical (unpaired) electrons. The van der Waals surface area contributed by atoms with Crippen LogP contribution in [0.1, 0.15) is 29.5 Å². The predicted octanol–water partition coefficient (Wildman–Crippen LogP) is 2.63. The minimum Gasteiger partial charge on any atom is -0.311 e. The summed E-state index contributed by atoms with van der Waals surface area (Å²) in [5, 5.41) is 3.53. The van der Waals surface area contributed by atoms with E-state index in [1.54, 1.807) is 0 Å². The Morgan fingerprint density at radius 2 is 2.38 bits per heavy atom. The molecule has 3 heteroatoms. The maximum absolute atomic E-state index is 3.53.